The van der Waals surface area contributed by atoms with Crippen molar-refractivity contribution in [3.05, 3.63) is 74.1 Å². The van der Waals surface area contributed by atoms with Gasteiger partial charge in [0.1, 0.15) is 16.4 Å². The molecular formula is C20H17ClO4. The first-order valence-electron chi connectivity index (χ1n) is 7.83. The van der Waals surface area contributed by atoms with Crippen LogP contribution in [0.15, 0.2) is 45.6 Å². The van der Waals surface area contributed by atoms with Gasteiger partial charge in [0, 0.05) is 16.5 Å². The van der Waals surface area contributed by atoms with Crippen LogP contribution < -0.4 is 10.4 Å². The highest BCUT2D eigenvalue weighted by Gasteiger charge is 2.15. The Morgan fingerprint density at radius 2 is 1.72 bits per heavy atom. The van der Waals surface area contributed by atoms with Crippen molar-refractivity contribution in [1.29, 1.82) is 0 Å². The average Bonchev–Trinajstić information content (AvgIpc) is 2.60. The number of benzene rings is 2. The fraction of sp³-hybridized carbons (Fsp3) is 0.200. The van der Waals surface area contributed by atoms with E-state index in [1.54, 1.807) is 38.1 Å². The Balaban J connectivity index is 1.88. The molecule has 1 heterocycles. The van der Waals surface area contributed by atoms with Gasteiger partial charge in [-0.05, 0) is 38.5 Å². The number of rotatable bonds is 4. The summed E-state index contributed by atoms with van der Waals surface area (Å²) >= 11 is 5.95. The molecule has 3 rings (SSSR count). The van der Waals surface area contributed by atoms with E-state index in [9.17, 15) is 9.59 Å². The summed E-state index contributed by atoms with van der Waals surface area (Å²) in [5.74, 6) is 0.381. The van der Waals surface area contributed by atoms with E-state index in [1.165, 1.54) is 0 Å². The minimum atomic E-state index is -0.581. The van der Waals surface area contributed by atoms with Crippen molar-refractivity contribution in [3.8, 4) is 5.75 Å². The summed E-state index contributed by atoms with van der Waals surface area (Å²) in [4.78, 5) is 24.0. The number of carbonyl (C=O) groups excluding carboxylic acids is 1. The zero-order chi connectivity index (χ0) is 18.1. The summed E-state index contributed by atoms with van der Waals surface area (Å²) < 4.78 is 11.0. The number of hydrogen-bond acceptors (Lipinski definition) is 4. The maximum Gasteiger partial charge on any atom is 0.355 e. The number of carbonyl (C=O) groups is 1. The second-order valence-electron chi connectivity index (χ2n) is 5.97. The molecule has 25 heavy (non-hydrogen) atoms. The third-order valence-corrected chi connectivity index (χ3v) is 4.63. The fourth-order valence-corrected chi connectivity index (χ4v) is 2.77. The highest BCUT2D eigenvalue weighted by atomic mass is 35.5. The second kappa shape index (κ2) is 6.73. The molecule has 5 heteroatoms. The Morgan fingerprint density at radius 1 is 1.04 bits per heavy atom. The molecule has 0 radical (unpaired) electrons. The molecule has 0 bridgehead atoms. The number of ether oxygens (including phenoxy) is 1. The standard InChI is InChI=1S/C20H17ClO4/c1-11-4-6-14(7-5-11)16(22)10-24-17-9-8-15-12(2)18(21)20(23)25-19(15)13(17)3/h4-9H,10H2,1-3H3. The minimum absolute atomic E-state index is 0.0788. The van der Waals surface area contributed by atoms with Crippen molar-refractivity contribution in [1.82, 2.24) is 0 Å². The summed E-state index contributed by atoms with van der Waals surface area (Å²) in [5.41, 5.74) is 2.85. The zero-order valence-electron chi connectivity index (χ0n) is 14.2. The number of Topliss-reactive ketones (excluding diaryl/α,β-unsaturated/α-hetero) is 1. The van der Waals surface area contributed by atoms with Crippen LogP contribution in [0, 0.1) is 20.8 Å². The van der Waals surface area contributed by atoms with Crippen molar-refractivity contribution in [2.45, 2.75) is 20.8 Å². The van der Waals surface area contributed by atoms with E-state index in [0.29, 0.717) is 28.0 Å². The van der Waals surface area contributed by atoms with Gasteiger partial charge in [-0.15, -0.1) is 0 Å². The van der Waals surface area contributed by atoms with E-state index < -0.39 is 5.63 Å². The molecule has 1 aromatic heterocycles. The van der Waals surface area contributed by atoms with Crippen LogP contribution in [0.5, 0.6) is 5.75 Å². The molecule has 2 aromatic carbocycles. The highest BCUT2D eigenvalue weighted by molar-refractivity contribution is 6.31. The summed E-state index contributed by atoms with van der Waals surface area (Å²) in [7, 11) is 0. The lowest BCUT2D eigenvalue weighted by molar-refractivity contribution is 0.0921. The molecule has 4 nitrogen and oxygen atoms in total. The maximum atomic E-state index is 12.2. The van der Waals surface area contributed by atoms with E-state index in [4.69, 9.17) is 20.8 Å². The summed E-state index contributed by atoms with van der Waals surface area (Å²) in [6, 6.07) is 10.9. The maximum absolute atomic E-state index is 12.2. The van der Waals surface area contributed by atoms with Crippen LogP contribution in [0.2, 0.25) is 5.02 Å². The highest BCUT2D eigenvalue weighted by Crippen LogP contribution is 2.30. The molecule has 0 aliphatic carbocycles. The Morgan fingerprint density at radius 3 is 2.40 bits per heavy atom. The van der Waals surface area contributed by atoms with Gasteiger partial charge in [0.15, 0.2) is 12.4 Å². The third kappa shape index (κ3) is 3.30. The van der Waals surface area contributed by atoms with Gasteiger partial charge in [-0.25, -0.2) is 4.79 Å². The van der Waals surface area contributed by atoms with Gasteiger partial charge in [-0.1, -0.05) is 41.4 Å². The number of ketones is 1. The van der Waals surface area contributed by atoms with Crippen molar-refractivity contribution in [2.75, 3.05) is 6.61 Å². The van der Waals surface area contributed by atoms with Crippen LogP contribution in [0.1, 0.15) is 27.0 Å². The molecule has 0 unspecified atom stereocenters. The summed E-state index contributed by atoms with van der Waals surface area (Å²) in [5, 5.41) is 0.828. The molecule has 0 aliphatic rings. The molecule has 0 amide bonds. The van der Waals surface area contributed by atoms with E-state index in [-0.39, 0.29) is 17.4 Å². The molecular weight excluding hydrogens is 340 g/mol. The molecule has 0 saturated heterocycles. The SMILES string of the molecule is Cc1ccc(C(=O)COc2ccc3c(C)c(Cl)c(=O)oc3c2C)cc1. The van der Waals surface area contributed by atoms with Crippen LogP contribution in [0.4, 0.5) is 0 Å². The third-order valence-electron chi connectivity index (χ3n) is 4.20. The van der Waals surface area contributed by atoms with Gasteiger partial charge in [0.25, 0.3) is 0 Å². The predicted molar refractivity (Wildman–Crippen MR) is 98.0 cm³/mol. The number of aryl methyl sites for hydroxylation is 3. The van der Waals surface area contributed by atoms with E-state index in [2.05, 4.69) is 0 Å². The quantitative estimate of drug-likeness (QED) is 0.505. The normalized spacial score (nSPS) is 10.9. The first-order chi connectivity index (χ1) is 11.9. The first kappa shape index (κ1) is 17.2. The van der Waals surface area contributed by atoms with Gasteiger partial charge in [-0.2, -0.15) is 0 Å². The lowest BCUT2D eigenvalue weighted by Crippen LogP contribution is -2.12. The topological polar surface area (TPSA) is 56.5 Å². The summed E-state index contributed by atoms with van der Waals surface area (Å²) in [6.45, 7) is 5.42. The molecule has 0 aliphatic heterocycles. The van der Waals surface area contributed by atoms with Crippen LogP contribution in [0.3, 0.4) is 0 Å². The van der Waals surface area contributed by atoms with Crippen molar-refractivity contribution in [3.63, 3.8) is 0 Å². The first-order valence-corrected chi connectivity index (χ1v) is 8.21. The van der Waals surface area contributed by atoms with Gasteiger partial charge in [0.2, 0.25) is 0 Å². The fourth-order valence-electron chi connectivity index (χ4n) is 2.63. The molecule has 0 N–H and O–H groups in total. The number of halogens is 1. The van der Waals surface area contributed by atoms with Crippen molar-refractivity contribution in [2.24, 2.45) is 0 Å². The van der Waals surface area contributed by atoms with E-state index >= 15 is 0 Å². The Hall–Kier alpha value is -2.59. The molecule has 0 atom stereocenters. The van der Waals surface area contributed by atoms with E-state index in [0.717, 1.165) is 10.9 Å². The predicted octanol–water partition coefficient (Wildman–Crippen LogP) is 4.63. The minimum Gasteiger partial charge on any atom is -0.485 e. The van der Waals surface area contributed by atoms with Gasteiger partial charge >= 0.3 is 5.63 Å². The second-order valence-corrected chi connectivity index (χ2v) is 6.35. The molecule has 3 aromatic rings. The molecule has 0 spiro atoms. The van der Waals surface area contributed by atoms with Crippen LogP contribution >= 0.6 is 11.6 Å². The largest absolute Gasteiger partial charge is 0.485 e. The smallest absolute Gasteiger partial charge is 0.355 e. The lowest BCUT2D eigenvalue weighted by atomic mass is 10.1. The van der Waals surface area contributed by atoms with Gasteiger partial charge in [0.05, 0.1) is 0 Å². The summed E-state index contributed by atoms with van der Waals surface area (Å²) in [6.07, 6.45) is 0. The van der Waals surface area contributed by atoms with Crippen molar-refractivity contribution < 1.29 is 13.9 Å². The van der Waals surface area contributed by atoms with Crippen molar-refractivity contribution >= 4 is 28.4 Å². The molecule has 128 valence electrons. The van der Waals surface area contributed by atoms with Gasteiger partial charge in [-0.3, -0.25) is 4.79 Å². The number of fused-ring (bicyclic) bond motifs is 1. The van der Waals surface area contributed by atoms with Gasteiger partial charge < -0.3 is 9.15 Å². The average molecular weight is 357 g/mol. The Kier molecular flexibility index (Phi) is 4.64. The zero-order valence-corrected chi connectivity index (χ0v) is 14.9. The molecule has 0 saturated carbocycles. The van der Waals surface area contributed by atoms with Crippen LogP contribution in [-0.2, 0) is 0 Å². The lowest BCUT2D eigenvalue weighted by Gasteiger charge is -2.11. The van der Waals surface area contributed by atoms with Crippen LogP contribution in [-0.4, -0.2) is 12.4 Å². The van der Waals surface area contributed by atoms with Crippen LogP contribution in [0.25, 0.3) is 11.0 Å². The Bertz CT molecular complexity index is 1020. The van der Waals surface area contributed by atoms with E-state index in [1.807, 2.05) is 19.1 Å². The Labute approximate surface area is 150 Å². The molecule has 0 fully saturated rings. The number of hydrogen-bond donors (Lipinski definition) is 0. The monoisotopic (exact) mass is 356 g/mol.